The van der Waals surface area contributed by atoms with Crippen LogP contribution in [-0.2, 0) is 57.0 Å². The number of rotatable bonds is 18. The molecule has 0 radical (unpaired) electrons. The van der Waals surface area contributed by atoms with Gasteiger partial charge in [0.05, 0.1) is 82.3 Å². The number of nitrogens with two attached hydrogens (primary N) is 6. The zero-order valence-corrected chi connectivity index (χ0v) is 38.6. The lowest BCUT2D eigenvalue weighted by atomic mass is 9.77. The predicted molar refractivity (Wildman–Crippen MR) is 227 cm³/mol. The zero-order valence-electron chi connectivity index (χ0n) is 38.6. The van der Waals surface area contributed by atoms with E-state index in [9.17, 15) is 91.3 Å². The van der Waals surface area contributed by atoms with Crippen LogP contribution in [-0.4, -0.2) is 316 Å². The van der Waals surface area contributed by atoms with Gasteiger partial charge in [-0.1, -0.05) is 0 Å². The van der Waals surface area contributed by atoms with Gasteiger partial charge < -0.3 is 163 Å². The molecule has 28 N–H and O–H groups in total. The summed E-state index contributed by atoms with van der Waals surface area (Å²) < 4.78 is 56.2. The van der Waals surface area contributed by atoms with Crippen LogP contribution >= 0.6 is 0 Å². The van der Waals surface area contributed by atoms with Crippen molar-refractivity contribution in [2.45, 2.75) is 189 Å². The molecular formula is C39H70N6O28. The fourth-order valence-corrected chi connectivity index (χ4v) is 9.50. The van der Waals surface area contributed by atoms with Gasteiger partial charge in [-0.15, -0.1) is 0 Å². The molecule has 6 heterocycles. The Morgan fingerprint density at radius 1 is 0.384 bits per heavy atom. The van der Waals surface area contributed by atoms with Gasteiger partial charge >= 0.3 is 0 Å². The summed E-state index contributed by atoms with van der Waals surface area (Å²) in [6, 6.07) is -9.93. The van der Waals surface area contributed by atoms with Crippen molar-refractivity contribution < 1.29 is 139 Å². The van der Waals surface area contributed by atoms with E-state index >= 15 is 0 Å². The van der Waals surface area contributed by atoms with Crippen molar-refractivity contribution in [2.24, 2.45) is 34.4 Å². The maximum Gasteiger partial charge on any atom is 0.181 e. The van der Waals surface area contributed by atoms with Crippen LogP contribution in [0, 0.1) is 0 Å². The molecule has 0 aromatic rings. The summed E-state index contributed by atoms with van der Waals surface area (Å²) in [5.41, 5.74) is 30.0. The SMILES string of the molecule is N[C@H]1[C@@H](OC2[C@@H](CO)O[C@@H](OC3[C@@H](CO)O[C@@H](O)[C@H](N)[C@H]3O)[C@H](N)[C@H]2O)O[C@@](CO)(C(=O)CC(=O)[C@]2(CO)O[C@H](OC3[C@@H](CO)O[C@@H](OC4[C@@H](CO)O[C@@H](O)[C@H](N)[C@H]4O)[C@H](N)[C@H]3O)[C@H](N)[C@@H](O)[C@@H]2O)[C@@H](O)[C@@H]1O. The lowest BCUT2D eigenvalue weighted by Crippen LogP contribution is -2.74. The summed E-state index contributed by atoms with van der Waals surface area (Å²) in [6.07, 6.45) is -42.4. The van der Waals surface area contributed by atoms with E-state index in [0.717, 1.165) is 0 Å². The van der Waals surface area contributed by atoms with Crippen molar-refractivity contribution in [2.75, 3.05) is 39.6 Å². The summed E-state index contributed by atoms with van der Waals surface area (Å²) in [6.45, 7) is -6.74. The molecule has 6 aliphatic heterocycles. The predicted octanol–water partition coefficient (Wildman–Crippen LogP) is -16.1. The van der Waals surface area contributed by atoms with E-state index in [1.807, 2.05) is 0 Å². The normalized spacial score (nSPS) is 51.9. The fraction of sp³-hybridized carbons (Fsp3) is 0.949. The molecule has 34 nitrogen and oxygen atoms in total. The van der Waals surface area contributed by atoms with Gasteiger partial charge in [0.1, 0.15) is 97.7 Å². The maximum absolute atomic E-state index is 14.2. The summed E-state index contributed by atoms with van der Waals surface area (Å²) in [7, 11) is 0. The quantitative estimate of drug-likeness (QED) is 0.0567. The van der Waals surface area contributed by atoms with E-state index in [2.05, 4.69) is 0 Å². The van der Waals surface area contributed by atoms with Gasteiger partial charge in [0.15, 0.2) is 60.5 Å². The second-order valence-corrected chi connectivity index (χ2v) is 18.7. The van der Waals surface area contributed by atoms with Crippen molar-refractivity contribution in [3.05, 3.63) is 0 Å². The minimum Gasteiger partial charge on any atom is -0.394 e. The standard InChI is InChI=1S/C39H70N6O28/c40-14-20(54)26(8(2-46)64-32(14)62)68-34-16(42)22(56)28(10(4-48)66-34)70-36-18(44)24(58)30(60)38(6-50,72-36)12(52)1-13(53)39(7-51)31(61)25(59)19(45)37(73-39)71-29-11(5-49)67-35(17(43)23(29)57)69-27-9(3-47)65-33(63)15(41)21(27)55/h8-11,14-37,46-51,54-63H,1-7,40-45H2/t8-,9-,10-,11-,14-,15-,16-,17-,18-,19-,20-,21-,22-,23-,24-,25-,26?,27?,28?,29?,30+,31+,32-,33-,34+,35+,36+,37+,38+,39+/m1/s1. The van der Waals surface area contributed by atoms with Gasteiger partial charge in [0.25, 0.3) is 0 Å². The molecule has 6 aliphatic rings. The highest BCUT2D eigenvalue weighted by molar-refractivity contribution is 6.07. The second kappa shape index (κ2) is 24.4. The Hall–Kier alpha value is -1.94. The van der Waals surface area contributed by atoms with E-state index in [1.54, 1.807) is 0 Å². The van der Waals surface area contributed by atoms with Crippen LogP contribution in [0.2, 0.25) is 0 Å². The molecule has 34 heteroatoms. The molecule has 4 unspecified atom stereocenters. The molecule has 424 valence electrons. The molecule has 0 amide bonds. The molecule has 0 bridgehead atoms. The Bertz CT molecular complexity index is 1700. The minimum atomic E-state index is -3.09. The molecule has 0 saturated carbocycles. The van der Waals surface area contributed by atoms with Crippen molar-refractivity contribution in [3.8, 4) is 0 Å². The summed E-state index contributed by atoms with van der Waals surface area (Å²) in [5.74, 6) is -3.23. The maximum atomic E-state index is 14.2. The molecule has 30 atom stereocenters. The first kappa shape index (κ1) is 60.3. The number of ketones is 2. The van der Waals surface area contributed by atoms with E-state index < -0.39 is 240 Å². The van der Waals surface area contributed by atoms with Gasteiger partial charge in [0.2, 0.25) is 0 Å². The van der Waals surface area contributed by atoms with Crippen LogP contribution in [0.3, 0.4) is 0 Å². The Morgan fingerprint density at radius 3 is 0.932 bits per heavy atom. The average molecular weight is 1070 g/mol. The third kappa shape index (κ3) is 11.2. The van der Waals surface area contributed by atoms with Crippen LogP contribution < -0.4 is 34.4 Å². The number of aliphatic hydroxyl groups excluding tert-OH is 16. The van der Waals surface area contributed by atoms with Crippen molar-refractivity contribution >= 4 is 11.6 Å². The van der Waals surface area contributed by atoms with Crippen LogP contribution in [0.1, 0.15) is 6.42 Å². The number of hydrogen-bond donors (Lipinski definition) is 22. The van der Waals surface area contributed by atoms with Gasteiger partial charge in [0, 0.05) is 0 Å². The van der Waals surface area contributed by atoms with Gasteiger partial charge in [-0.2, -0.15) is 0 Å². The first-order valence-corrected chi connectivity index (χ1v) is 23.0. The molecule has 0 spiro atoms. The highest BCUT2D eigenvalue weighted by Crippen LogP contribution is 2.39. The molecule has 0 aromatic heterocycles. The number of ether oxygens (including phenoxy) is 10. The van der Waals surface area contributed by atoms with Gasteiger partial charge in [-0.25, -0.2) is 0 Å². The second-order valence-electron chi connectivity index (χ2n) is 18.7. The zero-order chi connectivity index (χ0) is 54.3. The first-order chi connectivity index (χ1) is 34.3. The fourth-order valence-electron chi connectivity index (χ4n) is 9.50. The third-order valence-corrected chi connectivity index (χ3v) is 14.2. The van der Waals surface area contributed by atoms with E-state index in [0.29, 0.717) is 0 Å². The number of aliphatic hydroxyl groups is 16. The van der Waals surface area contributed by atoms with Crippen molar-refractivity contribution in [1.29, 1.82) is 0 Å². The molecule has 0 aromatic carbocycles. The molecule has 6 saturated heterocycles. The van der Waals surface area contributed by atoms with Crippen LogP contribution in [0.15, 0.2) is 0 Å². The lowest BCUT2D eigenvalue weighted by molar-refractivity contribution is -0.356. The Labute approximate surface area is 413 Å². The van der Waals surface area contributed by atoms with E-state index in [1.165, 1.54) is 0 Å². The summed E-state index contributed by atoms with van der Waals surface area (Å²) in [5, 5.41) is 170. The van der Waals surface area contributed by atoms with Crippen LogP contribution in [0.25, 0.3) is 0 Å². The van der Waals surface area contributed by atoms with Crippen molar-refractivity contribution in [1.82, 2.24) is 0 Å². The minimum absolute atomic E-state index is 0.807. The largest absolute Gasteiger partial charge is 0.394 e. The highest BCUT2D eigenvalue weighted by atomic mass is 16.8. The monoisotopic (exact) mass is 1070 g/mol. The highest BCUT2D eigenvalue weighted by Gasteiger charge is 2.63. The molecule has 0 aliphatic carbocycles. The number of carbonyl (C=O) groups excluding carboxylic acids is 2. The molecule has 6 fully saturated rings. The average Bonchev–Trinajstić information content (AvgIpc) is 3.37. The van der Waals surface area contributed by atoms with Crippen LogP contribution in [0.4, 0.5) is 0 Å². The molecular weight excluding hydrogens is 1000 g/mol. The van der Waals surface area contributed by atoms with Gasteiger partial charge in [-0.3, -0.25) is 9.59 Å². The number of hydrogen-bond acceptors (Lipinski definition) is 34. The Morgan fingerprint density at radius 2 is 0.644 bits per heavy atom. The number of carbonyl (C=O) groups is 2. The number of Topliss-reactive ketones (excluding diaryl/α,β-unsaturated/α-hetero) is 2. The topological polar surface area (TPSA) is 606 Å². The third-order valence-electron chi connectivity index (χ3n) is 14.2. The smallest absolute Gasteiger partial charge is 0.181 e. The van der Waals surface area contributed by atoms with Crippen molar-refractivity contribution in [3.63, 3.8) is 0 Å². The van der Waals surface area contributed by atoms with E-state index in [-0.39, 0.29) is 0 Å². The van der Waals surface area contributed by atoms with Crippen LogP contribution in [0.5, 0.6) is 0 Å². The molecule has 6 rings (SSSR count). The lowest BCUT2D eigenvalue weighted by Gasteiger charge is -2.51. The first-order valence-electron chi connectivity index (χ1n) is 23.0. The molecule has 73 heavy (non-hydrogen) atoms. The van der Waals surface area contributed by atoms with Gasteiger partial charge in [-0.05, 0) is 0 Å². The summed E-state index contributed by atoms with van der Waals surface area (Å²) >= 11 is 0. The van der Waals surface area contributed by atoms with E-state index in [4.69, 9.17) is 81.8 Å². The Balaban J connectivity index is 1.17. The Kier molecular flexibility index (Phi) is 20.1. The summed E-state index contributed by atoms with van der Waals surface area (Å²) in [4.78, 5) is 28.5.